The lowest BCUT2D eigenvalue weighted by Crippen LogP contribution is -2.50. The Morgan fingerprint density at radius 3 is 2.88 bits per heavy atom. The number of nitrogens with zero attached hydrogens (tertiary/aromatic N) is 2. The third-order valence-electron chi connectivity index (χ3n) is 3.60. The molecule has 1 aromatic rings. The summed E-state index contributed by atoms with van der Waals surface area (Å²) in [5.74, 6) is -0.186. The molecule has 6 nitrogen and oxygen atoms in total. The van der Waals surface area contributed by atoms with Gasteiger partial charge in [-0.05, 0) is 13.3 Å². The number of aryl methyl sites for hydroxylation is 1. The summed E-state index contributed by atoms with van der Waals surface area (Å²) in [6.07, 6.45) is 2.35. The molecular formula is C11H11N3O3. The van der Waals surface area contributed by atoms with Crippen molar-refractivity contribution in [2.24, 2.45) is 0 Å². The van der Waals surface area contributed by atoms with Crippen LogP contribution in [-0.4, -0.2) is 27.3 Å². The third-order valence-corrected chi connectivity index (χ3v) is 3.60. The fourth-order valence-electron chi connectivity index (χ4n) is 2.69. The highest BCUT2D eigenvalue weighted by Gasteiger charge is 2.52. The molecule has 3 rings (SSSR count). The molecule has 3 heterocycles. The van der Waals surface area contributed by atoms with Crippen molar-refractivity contribution < 1.29 is 14.4 Å². The van der Waals surface area contributed by atoms with Crippen molar-refractivity contribution in [1.29, 1.82) is 0 Å². The molecule has 1 spiro atoms. The van der Waals surface area contributed by atoms with E-state index in [0.717, 1.165) is 0 Å². The molecule has 1 unspecified atom stereocenters. The van der Waals surface area contributed by atoms with Crippen molar-refractivity contribution in [3.8, 4) is 0 Å². The average Bonchev–Trinajstić information content (AvgIpc) is 2.77. The highest BCUT2D eigenvalue weighted by molar-refractivity contribution is 6.07. The van der Waals surface area contributed by atoms with Crippen LogP contribution in [0.3, 0.4) is 0 Å². The maximum absolute atomic E-state index is 12.0. The molecule has 0 aliphatic carbocycles. The number of carbonyl (C=O) groups excluding carboxylic acids is 3. The van der Waals surface area contributed by atoms with Crippen molar-refractivity contribution in [3.05, 3.63) is 17.7 Å². The minimum absolute atomic E-state index is 0.125. The lowest BCUT2D eigenvalue weighted by atomic mass is 9.76. The predicted molar refractivity (Wildman–Crippen MR) is 56.3 cm³/mol. The van der Waals surface area contributed by atoms with E-state index in [1.165, 1.54) is 4.57 Å². The average molecular weight is 233 g/mol. The van der Waals surface area contributed by atoms with Gasteiger partial charge in [-0.3, -0.25) is 24.3 Å². The molecule has 0 radical (unpaired) electrons. The van der Waals surface area contributed by atoms with Gasteiger partial charge in [0.25, 0.3) is 0 Å². The van der Waals surface area contributed by atoms with Gasteiger partial charge < -0.3 is 0 Å². The lowest BCUT2D eigenvalue weighted by Gasteiger charge is -2.29. The van der Waals surface area contributed by atoms with Gasteiger partial charge in [-0.2, -0.15) is 0 Å². The Balaban J connectivity index is 2.14. The van der Waals surface area contributed by atoms with Crippen LogP contribution in [0.25, 0.3) is 0 Å². The van der Waals surface area contributed by atoms with Crippen molar-refractivity contribution >= 4 is 17.7 Å². The minimum atomic E-state index is -0.883. The van der Waals surface area contributed by atoms with Crippen molar-refractivity contribution in [1.82, 2.24) is 14.9 Å². The van der Waals surface area contributed by atoms with Gasteiger partial charge >= 0.3 is 0 Å². The second kappa shape index (κ2) is 3.03. The molecule has 2 amide bonds. The van der Waals surface area contributed by atoms with Crippen LogP contribution >= 0.6 is 0 Å². The smallest absolute Gasteiger partial charge is 0.239 e. The van der Waals surface area contributed by atoms with E-state index in [-0.39, 0.29) is 30.6 Å². The molecule has 6 heteroatoms. The molecule has 0 saturated carbocycles. The van der Waals surface area contributed by atoms with Gasteiger partial charge in [-0.15, -0.1) is 0 Å². The van der Waals surface area contributed by atoms with Crippen molar-refractivity contribution in [2.45, 2.75) is 31.6 Å². The maximum Gasteiger partial charge on any atom is 0.239 e. The van der Waals surface area contributed by atoms with Crippen LogP contribution in [0.4, 0.5) is 0 Å². The first kappa shape index (κ1) is 10.2. The van der Waals surface area contributed by atoms with E-state index in [2.05, 4.69) is 10.3 Å². The molecule has 1 saturated heterocycles. The van der Waals surface area contributed by atoms with Crippen molar-refractivity contribution in [3.63, 3.8) is 0 Å². The quantitative estimate of drug-likeness (QED) is 0.635. The van der Waals surface area contributed by atoms with E-state index in [4.69, 9.17) is 0 Å². The van der Waals surface area contributed by atoms with Gasteiger partial charge in [0.15, 0.2) is 0 Å². The van der Waals surface area contributed by atoms with Gasteiger partial charge in [-0.1, -0.05) is 0 Å². The second-order valence-corrected chi connectivity index (χ2v) is 4.56. The SMILES string of the molecule is Cc1ncc2n1C(=O)CC21CCC(=O)NC1=O. The number of hydrogen-bond donors (Lipinski definition) is 1. The number of hydrogen-bond acceptors (Lipinski definition) is 4. The third kappa shape index (κ3) is 1.15. The van der Waals surface area contributed by atoms with Crippen LogP contribution < -0.4 is 5.32 Å². The Morgan fingerprint density at radius 2 is 2.18 bits per heavy atom. The van der Waals surface area contributed by atoms with Crippen LogP contribution in [0.2, 0.25) is 0 Å². The molecule has 17 heavy (non-hydrogen) atoms. The molecule has 1 fully saturated rings. The first-order chi connectivity index (χ1) is 8.04. The normalized spacial score (nSPS) is 27.5. The van der Waals surface area contributed by atoms with Gasteiger partial charge in [0.1, 0.15) is 11.2 Å². The number of piperidine rings is 1. The lowest BCUT2D eigenvalue weighted by molar-refractivity contribution is -0.137. The first-order valence-corrected chi connectivity index (χ1v) is 5.47. The minimum Gasteiger partial charge on any atom is -0.296 e. The Morgan fingerprint density at radius 1 is 1.41 bits per heavy atom. The molecule has 88 valence electrons. The van der Waals surface area contributed by atoms with Crippen LogP contribution in [0.1, 0.15) is 35.6 Å². The van der Waals surface area contributed by atoms with E-state index >= 15 is 0 Å². The number of aromatic nitrogens is 2. The van der Waals surface area contributed by atoms with Gasteiger partial charge in [0.2, 0.25) is 17.7 Å². The fraction of sp³-hybridized carbons (Fsp3) is 0.455. The molecule has 0 aromatic carbocycles. The Labute approximate surface area is 97.0 Å². The molecule has 1 atom stereocenters. The fourth-order valence-corrected chi connectivity index (χ4v) is 2.69. The zero-order chi connectivity index (χ0) is 12.2. The van der Waals surface area contributed by atoms with Crippen molar-refractivity contribution in [2.75, 3.05) is 0 Å². The van der Waals surface area contributed by atoms with Gasteiger partial charge in [0, 0.05) is 12.8 Å². The topological polar surface area (TPSA) is 81.1 Å². The summed E-state index contributed by atoms with van der Waals surface area (Å²) in [5, 5.41) is 2.31. The standard InChI is InChI=1S/C11H11N3O3/c1-6-12-5-7-11(4-9(16)14(6)7)3-2-8(15)13-10(11)17/h5H,2-4H2,1H3,(H,13,15,17). The zero-order valence-corrected chi connectivity index (χ0v) is 9.32. The van der Waals surface area contributed by atoms with Crippen LogP contribution in [0, 0.1) is 6.92 Å². The Hall–Kier alpha value is -1.98. The number of imide groups is 1. The van der Waals surface area contributed by atoms with Crippen LogP contribution in [-0.2, 0) is 15.0 Å². The van der Waals surface area contributed by atoms with E-state index in [0.29, 0.717) is 17.9 Å². The predicted octanol–water partition coefficient (Wildman–Crippen LogP) is -0.0902. The number of imidazole rings is 1. The Bertz CT molecular complexity index is 560. The highest BCUT2D eigenvalue weighted by Crippen LogP contribution is 2.41. The monoisotopic (exact) mass is 233 g/mol. The van der Waals surface area contributed by atoms with E-state index in [9.17, 15) is 14.4 Å². The van der Waals surface area contributed by atoms with Gasteiger partial charge in [-0.25, -0.2) is 4.98 Å². The zero-order valence-electron chi connectivity index (χ0n) is 9.32. The van der Waals surface area contributed by atoms with Gasteiger partial charge in [0.05, 0.1) is 11.9 Å². The number of amides is 2. The van der Waals surface area contributed by atoms with Crippen LogP contribution in [0.5, 0.6) is 0 Å². The van der Waals surface area contributed by atoms with E-state index in [1.807, 2.05) is 0 Å². The number of fused-ring (bicyclic) bond motifs is 2. The Kier molecular flexibility index (Phi) is 1.81. The summed E-state index contributed by atoms with van der Waals surface area (Å²) >= 11 is 0. The summed E-state index contributed by atoms with van der Waals surface area (Å²) in [4.78, 5) is 39.2. The molecule has 2 aliphatic rings. The summed E-state index contributed by atoms with van der Waals surface area (Å²) in [6.45, 7) is 1.73. The first-order valence-electron chi connectivity index (χ1n) is 5.47. The van der Waals surface area contributed by atoms with Crippen LogP contribution in [0.15, 0.2) is 6.20 Å². The second-order valence-electron chi connectivity index (χ2n) is 4.56. The number of nitrogens with one attached hydrogen (secondary N) is 1. The molecule has 1 aromatic heterocycles. The summed E-state index contributed by atoms with van der Waals surface area (Å²) in [6, 6.07) is 0. The molecule has 0 bridgehead atoms. The maximum atomic E-state index is 12.0. The van der Waals surface area contributed by atoms with E-state index < -0.39 is 5.41 Å². The highest BCUT2D eigenvalue weighted by atomic mass is 16.2. The molecule has 2 aliphatic heterocycles. The molecular weight excluding hydrogens is 222 g/mol. The number of carbonyl (C=O) groups is 3. The largest absolute Gasteiger partial charge is 0.296 e. The summed E-state index contributed by atoms with van der Waals surface area (Å²) < 4.78 is 1.48. The summed E-state index contributed by atoms with van der Waals surface area (Å²) in [7, 11) is 0. The summed E-state index contributed by atoms with van der Waals surface area (Å²) in [5.41, 5.74) is -0.267. The van der Waals surface area contributed by atoms with E-state index in [1.54, 1.807) is 13.1 Å². The number of rotatable bonds is 0. The molecule has 1 N–H and O–H groups in total.